The smallest absolute Gasteiger partial charge is 0.341 e. The maximum atomic E-state index is 14.2. The number of benzene rings is 2. The van der Waals surface area contributed by atoms with Crippen molar-refractivity contribution in [2.75, 3.05) is 39.5 Å². The number of aliphatic carboxylic acids is 1. The van der Waals surface area contributed by atoms with Crippen LogP contribution in [0.15, 0.2) is 76.8 Å². The minimum atomic E-state index is -1.01. The molecule has 44 heavy (non-hydrogen) atoms. The van der Waals surface area contributed by atoms with Gasteiger partial charge >= 0.3 is 12.0 Å². The van der Waals surface area contributed by atoms with E-state index in [1.54, 1.807) is 24.3 Å². The molecular weight excluding hydrogens is 583 g/mol. The van der Waals surface area contributed by atoms with E-state index >= 15 is 0 Å². The van der Waals surface area contributed by atoms with Crippen LogP contribution < -0.4 is 4.74 Å². The molecule has 11 heteroatoms. The SMILES string of the molecule is O=C(O)COc1ccc(Sc2ccc(CN3CCC(N4C(=O)N(C5CCOCC5)C[C@H]4c4cccc(F)c4)CC3)cn2)cc1. The molecule has 4 heterocycles. The first-order valence-electron chi connectivity index (χ1n) is 15.1. The highest BCUT2D eigenvalue weighted by molar-refractivity contribution is 7.99. The summed E-state index contributed by atoms with van der Waals surface area (Å²) in [5.74, 6) is -0.766. The second-order valence-corrected chi connectivity index (χ2v) is 12.6. The van der Waals surface area contributed by atoms with Gasteiger partial charge in [0, 0.05) is 62.6 Å². The molecule has 3 aromatic rings. The third-order valence-electron chi connectivity index (χ3n) is 8.60. The minimum absolute atomic E-state index is 0.0735. The van der Waals surface area contributed by atoms with Crippen LogP contribution in [0.2, 0.25) is 0 Å². The summed E-state index contributed by atoms with van der Waals surface area (Å²) in [4.78, 5) is 36.6. The van der Waals surface area contributed by atoms with Crippen molar-refractivity contribution < 1.29 is 28.6 Å². The number of carbonyl (C=O) groups is 2. The fourth-order valence-electron chi connectivity index (χ4n) is 6.37. The van der Waals surface area contributed by atoms with E-state index in [-0.39, 0.29) is 36.6 Å². The molecule has 1 aromatic heterocycles. The zero-order chi connectivity index (χ0) is 30.5. The number of amides is 2. The number of halogens is 1. The second kappa shape index (κ2) is 14.0. The Balaban J connectivity index is 1.04. The summed E-state index contributed by atoms with van der Waals surface area (Å²) in [7, 11) is 0. The predicted octanol–water partition coefficient (Wildman–Crippen LogP) is 5.46. The van der Waals surface area contributed by atoms with Crippen molar-refractivity contribution in [2.45, 2.75) is 60.3 Å². The number of carboxylic acid groups (broad SMARTS) is 1. The number of aromatic nitrogens is 1. The molecule has 6 rings (SSSR count). The molecule has 1 N–H and O–H groups in total. The van der Waals surface area contributed by atoms with Gasteiger partial charge in [-0.15, -0.1) is 0 Å². The van der Waals surface area contributed by atoms with Gasteiger partial charge in [0.15, 0.2) is 6.61 Å². The monoisotopic (exact) mass is 620 g/mol. The summed E-state index contributed by atoms with van der Waals surface area (Å²) < 4.78 is 25.0. The number of carbonyl (C=O) groups excluding carboxylic acids is 1. The molecule has 3 aliphatic rings. The Morgan fingerprint density at radius 1 is 1.02 bits per heavy atom. The molecule has 0 spiro atoms. The Kier molecular flexibility index (Phi) is 9.63. The number of nitrogens with zero attached hydrogens (tertiary/aromatic N) is 4. The number of ether oxygens (including phenoxy) is 2. The molecule has 9 nitrogen and oxygen atoms in total. The van der Waals surface area contributed by atoms with E-state index in [1.807, 2.05) is 40.3 Å². The number of urea groups is 1. The number of carboxylic acids is 1. The van der Waals surface area contributed by atoms with Crippen LogP contribution >= 0.6 is 11.8 Å². The average molecular weight is 621 g/mol. The number of hydrogen-bond donors (Lipinski definition) is 1. The van der Waals surface area contributed by atoms with E-state index in [1.165, 1.54) is 17.8 Å². The van der Waals surface area contributed by atoms with Crippen molar-refractivity contribution in [2.24, 2.45) is 0 Å². The second-order valence-electron chi connectivity index (χ2n) is 11.5. The van der Waals surface area contributed by atoms with Crippen molar-refractivity contribution in [3.8, 4) is 5.75 Å². The Morgan fingerprint density at radius 2 is 1.80 bits per heavy atom. The van der Waals surface area contributed by atoms with Gasteiger partial charge in [-0.3, -0.25) is 4.90 Å². The van der Waals surface area contributed by atoms with Gasteiger partial charge in [0.2, 0.25) is 0 Å². The molecule has 0 bridgehead atoms. The summed E-state index contributed by atoms with van der Waals surface area (Å²) >= 11 is 1.53. The van der Waals surface area contributed by atoms with E-state index in [9.17, 15) is 14.0 Å². The van der Waals surface area contributed by atoms with Crippen LogP contribution in [-0.2, 0) is 16.1 Å². The third kappa shape index (κ3) is 7.34. The Bertz CT molecular complexity index is 1430. The molecule has 2 amide bonds. The van der Waals surface area contributed by atoms with Crippen molar-refractivity contribution in [3.63, 3.8) is 0 Å². The molecular formula is C33H37FN4O5S. The molecule has 3 saturated heterocycles. The summed E-state index contributed by atoms with van der Waals surface area (Å²) in [6.07, 6.45) is 5.33. The molecule has 0 saturated carbocycles. The zero-order valence-electron chi connectivity index (χ0n) is 24.5. The molecule has 232 valence electrons. The normalized spacial score (nSPS) is 20.3. The minimum Gasteiger partial charge on any atom is -0.482 e. The first-order chi connectivity index (χ1) is 21.4. The summed E-state index contributed by atoms with van der Waals surface area (Å²) in [6, 6.07) is 18.3. The van der Waals surface area contributed by atoms with Crippen molar-refractivity contribution in [3.05, 3.63) is 83.8 Å². The van der Waals surface area contributed by atoms with Gasteiger partial charge in [0.25, 0.3) is 0 Å². The van der Waals surface area contributed by atoms with Crippen LogP contribution in [-0.4, -0.2) is 88.3 Å². The van der Waals surface area contributed by atoms with Crippen LogP contribution in [0.1, 0.15) is 42.9 Å². The number of likely N-dealkylation sites (tertiary alicyclic amines) is 1. The van der Waals surface area contributed by atoms with E-state index in [4.69, 9.17) is 14.6 Å². The highest BCUT2D eigenvalue weighted by Gasteiger charge is 2.45. The highest BCUT2D eigenvalue weighted by Crippen LogP contribution is 2.37. The van der Waals surface area contributed by atoms with Crippen molar-refractivity contribution in [1.29, 1.82) is 0 Å². The summed E-state index contributed by atoms with van der Waals surface area (Å²) in [5.41, 5.74) is 1.99. The van der Waals surface area contributed by atoms with Gasteiger partial charge in [0.05, 0.1) is 6.04 Å². The number of hydrogen-bond acceptors (Lipinski definition) is 7. The van der Waals surface area contributed by atoms with Crippen molar-refractivity contribution >= 4 is 23.8 Å². The van der Waals surface area contributed by atoms with Crippen LogP contribution in [0.4, 0.5) is 9.18 Å². The Labute approximate surface area is 260 Å². The van der Waals surface area contributed by atoms with Crippen LogP contribution in [0.3, 0.4) is 0 Å². The molecule has 2 aromatic carbocycles. The van der Waals surface area contributed by atoms with Gasteiger partial charge in [-0.2, -0.15) is 0 Å². The van der Waals surface area contributed by atoms with Crippen molar-refractivity contribution in [1.82, 2.24) is 19.7 Å². The maximum Gasteiger partial charge on any atom is 0.341 e. The van der Waals surface area contributed by atoms with Crippen LogP contribution in [0.25, 0.3) is 0 Å². The van der Waals surface area contributed by atoms with Gasteiger partial charge < -0.3 is 24.4 Å². The van der Waals surface area contributed by atoms with E-state index in [0.29, 0.717) is 25.5 Å². The predicted molar refractivity (Wildman–Crippen MR) is 163 cm³/mol. The molecule has 0 radical (unpaired) electrons. The van der Waals surface area contributed by atoms with Crippen LogP contribution in [0.5, 0.6) is 5.75 Å². The quantitative estimate of drug-likeness (QED) is 0.320. The molecule has 0 unspecified atom stereocenters. The molecule has 3 aliphatic heterocycles. The van der Waals surface area contributed by atoms with E-state index in [2.05, 4.69) is 16.0 Å². The lowest BCUT2D eigenvalue weighted by atomic mass is 9.98. The van der Waals surface area contributed by atoms with Gasteiger partial charge in [-0.1, -0.05) is 30.0 Å². The third-order valence-corrected chi connectivity index (χ3v) is 9.56. The number of piperidine rings is 1. The van der Waals surface area contributed by atoms with Crippen LogP contribution in [0, 0.1) is 5.82 Å². The number of rotatable bonds is 10. The molecule has 3 fully saturated rings. The Morgan fingerprint density at radius 3 is 2.48 bits per heavy atom. The fourth-order valence-corrected chi connectivity index (χ4v) is 7.13. The summed E-state index contributed by atoms with van der Waals surface area (Å²) in [6.45, 7) is 4.09. The zero-order valence-corrected chi connectivity index (χ0v) is 25.3. The summed E-state index contributed by atoms with van der Waals surface area (Å²) in [5, 5.41) is 9.62. The molecule has 0 aliphatic carbocycles. The standard InChI is InChI=1S/C33H37FN4O5S/c34-25-3-1-2-24(18-25)30-21-37(26-12-16-42-17-13-26)33(41)38(30)27-10-14-36(15-11-27)20-23-4-9-31(35-19-23)44-29-7-5-28(6-8-29)43-22-32(39)40/h1-9,18-19,26-27,30H,10-17,20-22H2,(H,39,40)/t30-/m0/s1. The lowest BCUT2D eigenvalue weighted by molar-refractivity contribution is -0.139. The topological polar surface area (TPSA) is 95.4 Å². The fraction of sp³-hybridized carbons (Fsp3) is 0.424. The number of pyridine rings is 1. The maximum absolute atomic E-state index is 14.2. The first kappa shape index (κ1) is 30.4. The van der Waals surface area contributed by atoms with Gasteiger partial charge in [-0.05, 0) is 79.3 Å². The lowest BCUT2D eigenvalue weighted by Crippen LogP contribution is -2.48. The lowest BCUT2D eigenvalue weighted by Gasteiger charge is -2.39. The van der Waals surface area contributed by atoms with Gasteiger partial charge in [0.1, 0.15) is 16.6 Å². The largest absolute Gasteiger partial charge is 0.482 e. The Hall–Kier alpha value is -3.67. The first-order valence-corrected chi connectivity index (χ1v) is 16.0. The highest BCUT2D eigenvalue weighted by atomic mass is 32.2. The van der Waals surface area contributed by atoms with E-state index in [0.717, 1.165) is 66.4 Å². The van der Waals surface area contributed by atoms with E-state index < -0.39 is 5.97 Å². The molecule has 1 atom stereocenters. The average Bonchev–Trinajstić information content (AvgIpc) is 3.39. The van der Waals surface area contributed by atoms with Gasteiger partial charge in [-0.25, -0.2) is 19.0 Å².